The maximum absolute atomic E-state index is 13.4. The van der Waals surface area contributed by atoms with Gasteiger partial charge in [0.2, 0.25) is 5.82 Å². The Morgan fingerprint density at radius 3 is 2.10 bits per heavy atom. The van der Waals surface area contributed by atoms with Gasteiger partial charge in [-0.2, -0.15) is 26.3 Å². The standard InChI is InChI=1S/C16H13ClF6N6.CH5N/c1-3-6-8(4-2)25-5-7(17)10(6)29-12(24)9-11(15(18,19)20)26-14(16(21,22)23)27-13(9)28-29;1-2/h5H,3-4,24H2,1-2H3;2H2,1H3. The van der Waals surface area contributed by atoms with Crippen molar-refractivity contribution in [3.63, 3.8) is 0 Å². The molecule has 0 aliphatic rings. The van der Waals surface area contributed by atoms with Gasteiger partial charge in [-0.05, 0) is 19.9 Å². The Balaban J connectivity index is 0.00000166. The summed E-state index contributed by atoms with van der Waals surface area (Å²) in [5.41, 5.74) is 9.00. The number of nitrogens with zero attached hydrogens (tertiary/aromatic N) is 5. The molecule has 0 bridgehead atoms. The first kappa shape index (κ1) is 24.6. The maximum atomic E-state index is 13.4. The van der Waals surface area contributed by atoms with Crippen molar-refractivity contribution in [1.82, 2.24) is 24.7 Å². The van der Waals surface area contributed by atoms with Crippen molar-refractivity contribution < 1.29 is 26.3 Å². The van der Waals surface area contributed by atoms with Crippen molar-refractivity contribution in [2.24, 2.45) is 5.73 Å². The van der Waals surface area contributed by atoms with E-state index in [1.54, 1.807) is 6.92 Å². The molecule has 7 nitrogen and oxygen atoms in total. The van der Waals surface area contributed by atoms with Crippen molar-refractivity contribution >= 4 is 28.5 Å². The topological polar surface area (TPSA) is 109 Å². The lowest BCUT2D eigenvalue weighted by Gasteiger charge is -2.14. The van der Waals surface area contributed by atoms with Crippen LogP contribution in [-0.4, -0.2) is 31.8 Å². The quantitative estimate of drug-likeness (QED) is 0.557. The summed E-state index contributed by atoms with van der Waals surface area (Å²) in [5.74, 6) is -2.54. The van der Waals surface area contributed by atoms with Crippen LogP contribution in [0.4, 0.5) is 32.2 Å². The van der Waals surface area contributed by atoms with Crippen LogP contribution in [0.3, 0.4) is 0 Å². The second-order valence-corrected chi connectivity index (χ2v) is 6.38. The number of alkyl halides is 6. The third-order valence-electron chi connectivity index (χ3n) is 4.19. The molecule has 4 N–H and O–H groups in total. The molecule has 170 valence electrons. The summed E-state index contributed by atoms with van der Waals surface area (Å²) in [7, 11) is 1.50. The van der Waals surface area contributed by atoms with E-state index in [9.17, 15) is 26.3 Å². The number of rotatable bonds is 3. The molecule has 31 heavy (non-hydrogen) atoms. The molecule has 3 aromatic heterocycles. The minimum absolute atomic E-state index is 0.0242. The summed E-state index contributed by atoms with van der Waals surface area (Å²) in [4.78, 5) is 9.99. The van der Waals surface area contributed by atoms with Gasteiger partial charge in [-0.15, -0.1) is 5.10 Å². The zero-order valence-corrected chi connectivity index (χ0v) is 17.3. The van der Waals surface area contributed by atoms with Crippen molar-refractivity contribution in [1.29, 1.82) is 0 Å². The van der Waals surface area contributed by atoms with Crippen LogP contribution >= 0.6 is 11.6 Å². The molecule has 0 atom stereocenters. The molecule has 0 unspecified atom stereocenters. The van der Waals surface area contributed by atoms with Crippen LogP contribution < -0.4 is 11.5 Å². The second kappa shape index (κ2) is 8.83. The molecular formula is C17H18ClF6N7. The Labute approximate surface area is 177 Å². The molecule has 0 aliphatic heterocycles. The molecule has 0 radical (unpaired) electrons. The van der Waals surface area contributed by atoms with E-state index in [-0.39, 0.29) is 10.7 Å². The lowest BCUT2D eigenvalue weighted by atomic mass is 10.1. The average Bonchev–Trinajstić information content (AvgIpc) is 3.03. The molecule has 0 aromatic carbocycles. The fraction of sp³-hybridized carbons (Fsp3) is 0.412. The first-order chi connectivity index (χ1) is 14.4. The van der Waals surface area contributed by atoms with Crippen LogP contribution in [-0.2, 0) is 25.2 Å². The molecular weight excluding hydrogens is 452 g/mol. The summed E-state index contributed by atoms with van der Waals surface area (Å²) in [6.45, 7) is 3.57. The number of aromatic nitrogens is 5. The molecule has 3 aromatic rings. The van der Waals surface area contributed by atoms with Gasteiger partial charge in [0.25, 0.3) is 0 Å². The molecule has 3 heterocycles. The number of fused-ring (bicyclic) bond motifs is 1. The number of aryl methyl sites for hydroxylation is 1. The van der Waals surface area contributed by atoms with Crippen LogP contribution in [0.5, 0.6) is 0 Å². The number of nitrogens with two attached hydrogens (primary N) is 2. The summed E-state index contributed by atoms with van der Waals surface area (Å²) in [6.07, 6.45) is -8.27. The smallest absolute Gasteiger partial charge is 0.383 e. The molecule has 3 rings (SSSR count). The highest BCUT2D eigenvalue weighted by atomic mass is 35.5. The van der Waals surface area contributed by atoms with Crippen molar-refractivity contribution in [3.05, 3.63) is 34.0 Å². The van der Waals surface area contributed by atoms with Gasteiger partial charge in [-0.3, -0.25) is 4.98 Å². The maximum Gasteiger partial charge on any atom is 0.451 e. The number of nitrogen functional groups attached to an aromatic ring is 1. The molecule has 0 spiro atoms. The van der Waals surface area contributed by atoms with Crippen LogP contribution in [0.1, 0.15) is 36.6 Å². The van der Waals surface area contributed by atoms with E-state index < -0.39 is 40.7 Å². The lowest BCUT2D eigenvalue weighted by molar-refractivity contribution is -0.151. The normalized spacial score (nSPS) is 12.1. The van der Waals surface area contributed by atoms with E-state index in [1.807, 2.05) is 6.92 Å². The van der Waals surface area contributed by atoms with Gasteiger partial charge in [0.05, 0.1) is 16.1 Å². The Bertz CT molecular complexity index is 1090. The van der Waals surface area contributed by atoms with E-state index >= 15 is 0 Å². The number of hydrogen-bond acceptors (Lipinski definition) is 6. The third-order valence-corrected chi connectivity index (χ3v) is 4.46. The van der Waals surface area contributed by atoms with Crippen LogP contribution in [0.2, 0.25) is 5.02 Å². The Kier molecular flexibility index (Phi) is 7.00. The predicted octanol–water partition coefficient (Wildman–Crippen LogP) is 4.18. The summed E-state index contributed by atoms with van der Waals surface area (Å²) in [5, 5.41) is 2.99. The van der Waals surface area contributed by atoms with Gasteiger partial charge in [0, 0.05) is 17.5 Å². The van der Waals surface area contributed by atoms with Gasteiger partial charge in [0.1, 0.15) is 5.82 Å². The molecule has 0 amide bonds. The minimum Gasteiger partial charge on any atom is -0.383 e. The van der Waals surface area contributed by atoms with E-state index in [0.29, 0.717) is 24.1 Å². The summed E-state index contributed by atoms with van der Waals surface area (Å²) in [6, 6.07) is 0. The highest BCUT2D eigenvalue weighted by Gasteiger charge is 2.43. The molecule has 0 fully saturated rings. The number of pyridine rings is 1. The van der Waals surface area contributed by atoms with Crippen LogP contribution in [0, 0.1) is 0 Å². The van der Waals surface area contributed by atoms with Gasteiger partial charge in [-0.25, -0.2) is 14.6 Å². The molecule has 14 heteroatoms. The van der Waals surface area contributed by atoms with Crippen molar-refractivity contribution in [2.45, 2.75) is 39.0 Å². The largest absolute Gasteiger partial charge is 0.451 e. The third kappa shape index (κ3) is 4.51. The first-order valence-corrected chi connectivity index (χ1v) is 9.22. The monoisotopic (exact) mass is 469 g/mol. The van der Waals surface area contributed by atoms with E-state index in [4.69, 9.17) is 17.3 Å². The molecule has 0 saturated heterocycles. The summed E-state index contributed by atoms with van der Waals surface area (Å²) >= 11 is 6.19. The van der Waals surface area contributed by atoms with E-state index in [1.165, 1.54) is 13.2 Å². The Hall–Kier alpha value is -2.67. The van der Waals surface area contributed by atoms with Crippen molar-refractivity contribution in [3.8, 4) is 5.69 Å². The summed E-state index contributed by atoms with van der Waals surface area (Å²) < 4.78 is 80.2. The number of hydrogen-bond donors (Lipinski definition) is 2. The minimum atomic E-state index is -5.21. The SMILES string of the molecule is CCc1ncc(Cl)c(-n2nc3nc(C(F)(F)F)nc(C(F)(F)F)c3c2N)c1CC.CN. The number of anilines is 1. The predicted molar refractivity (Wildman–Crippen MR) is 103 cm³/mol. The van der Waals surface area contributed by atoms with Gasteiger partial charge in [0.15, 0.2) is 11.3 Å². The first-order valence-electron chi connectivity index (χ1n) is 8.85. The van der Waals surface area contributed by atoms with E-state index in [0.717, 1.165) is 4.68 Å². The van der Waals surface area contributed by atoms with Gasteiger partial charge >= 0.3 is 12.4 Å². The molecule has 0 aliphatic carbocycles. The fourth-order valence-electron chi connectivity index (χ4n) is 2.97. The highest BCUT2D eigenvalue weighted by molar-refractivity contribution is 6.32. The Morgan fingerprint density at radius 1 is 1.00 bits per heavy atom. The average molecular weight is 470 g/mol. The highest BCUT2D eigenvalue weighted by Crippen LogP contribution is 2.39. The van der Waals surface area contributed by atoms with Crippen LogP contribution in [0.15, 0.2) is 6.20 Å². The zero-order chi connectivity index (χ0) is 23.7. The number of halogens is 7. The Morgan fingerprint density at radius 2 is 1.61 bits per heavy atom. The second-order valence-electron chi connectivity index (χ2n) is 5.97. The van der Waals surface area contributed by atoms with Gasteiger partial charge in [-0.1, -0.05) is 25.4 Å². The van der Waals surface area contributed by atoms with E-state index in [2.05, 4.69) is 25.8 Å². The van der Waals surface area contributed by atoms with Crippen LogP contribution in [0.25, 0.3) is 16.7 Å². The molecule has 0 saturated carbocycles. The van der Waals surface area contributed by atoms with Gasteiger partial charge < -0.3 is 11.5 Å². The van der Waals surface area contributed by atoms with Crippen molar-refractivity contribution in [2.75, 3.05) is 12.8 Å². The fourth-order valence-corrected chi connectivity index (χ4v) is 3.22. The zero-order valence-electron chi connectivity index (χ0n) is 16.5. The lowest BCUT2D eigenvalue weighted by Crippen LogP contribution is -2.17.